The van der Waals surface area contributed by atoms with E-state index < -0.39 is 9.84 Å². The number of aromatic hydroxyl groups is 1. The van der Waals surface area contributed by atoms with E-state index in [-0.39, 0.29) is 29.3 Å². The van der Waals surface area contributed by atoms with Gasteiger partial charge >= 0.3 is 6.03 Å². The SMILES string of the molecule is O=C(NCCc1ccc(O)cc1)NC1CCS(=O)(=O)C1. The van der Waals surface area contributed by atoms with Crippen LogP contribution >= 0.6 is 0 Å². The maximum atomic E-state index is 11.6. The topological polar surface area (TPSA) is 95.5 Å². The van der Waals surface area contributed by atoms with Crippen LogP contribution in [0.2, 0.25) is 0 Å². The third-order valence-electron chi connectivity index (χ3n) is 3.20. The molecule has 1 aliphatic rings. The Morgan fingerprint density at radius 1 is 1.30 bits per heavy atom. The summed E-state index contributed by atoms with van der Waals surface area (Å²) in [6.07, 6.45) is 1.13. The Morgan fingerprint density at radius 3 is 2.60 bits per heavy atom. The van der Waals surface area contributed by atoms with Gasteiger partial charge in [-0.3, -0.25) is 0 Å². The van der Waals surface area contributed by atoms with Crippen molar-refractivity contribution in [3.63, 3.8) is 0 Å². The first-order valence-corrected chi connectivity index (χ1v) is 8.29. The maximum Gasteiger partial charge on any atom is 0.315 e. The van der Waals surface area contributed by atoms with Crippen LogP contribution in [0.1, 0.15) is 12.0 Å². The fourth-order valence-corrected chi connectivity index (χ4v) is 3.80. The van der Waals surface area contributed by atoms with Crippen LogP contribution in [0.4, 0.5) is 4.79 Å². The number of sulfone groups is 1. The molecule has 7 heteroatoms. The van der Waals surface area contributed by atoms with Gasteiger partial charge in [0.15, 0.2) is 9.84 Å². The molecule has 20 heavy (non-hydrogen) atoms. The lowest BCUT2D eigenvalue weighted by molar-refractivity contribution is 0.238. The molecule has 1 aromatic carbocycles. The van der Waals surface area contributed by atoms with E-state index in [0.717, 1.165) is 5.56 Å². The van der Waals surface area contributed by atoms with Gasteiger partial charge in [0.05, 0.1) is 11.5 Å². The Morgan fingerprint density at radius 2 is 2.00 bits per heavy atom. The zero-order valence-corrected chi connectivity index (χ0v) is 11.8. The summed E-state index contributed by atoms with van der Waals surface area (Å²) in [7, 11) is -2.97. The molecule has 0 radical (unpaired) electrons. The van der Waals surface area contributed by atoms with Crippen LogP contribution in [0.5, 0.6) is 5.75 Å². The van der Waals surface area contributed by atoms with Crippen LogP contribution < -0.4 is 10.6 Å². The number of hydrogen-bond donors (Lipinski definition) is 3. The van der Waals surface area contributed by atoms with Crippen molar-refractivity contribution in [3.8, 4) is 5.75 Å². The third-order valence-corrected chi connectivity index (χ3v) is 4.97. The Balaban J connectivity index is 1.69. The molecule has 0 aromatic heterocycles. The van der Waals surface area contributed by atoms with E-state index >= 15 is 0 Å². The monoisotopic (exact) mass is 298 g/mol. The molecule has 2 rings (SSSR count). The smallest absolute Gasteiger partial charge is 0.315 e. The number of hydrogen-bond acceptors (Lipinski definition) is 4. The summed E-state index contributed by atoms with van der Waals surface area (Å²) in [5.41, 5.74) is 1.01. The number of carbonyl (C=O) groups is 1. The molecule has 6 nitrogen and oxygen atoms in total. The van der Waals surface area contributed by atoms with Crippen LogP contribution in [-0.4, -0.2) is 43.6 Å². The van der Waals surface area contributed by atoms with E-state index in [4.69, 9.17) is 5.11 Å². The normalized spacial score (nSPS) is 20.5. The van der Waals surface area contributed by atoms with Gasteiger partial charge in [-0.15, -0.1) is 0 Å². The van der Waals surface area contributed by atoms with Crippen LogP contribution in [0.25, 0.3) is 0 Å². The fourth-order valence-electron chi connectivity index (χ4n) is 2.13. The molecule has 1 atom stereocenters. The maximum absolute atomic E-state index is 11.6. The molecule has 1 aliphatic heterocycles. The van der Waals surface area contributed by atoms with Gasteiger partial charge in [0.1, 0.15) is 5.75 Å². The van der Waals surface area contributed by atoms with Gasteiger partial charge in [0, 0.05) is 12.6 Å². The number of nitrogens with one attached hydrogen (secondary N) is 2. The standard InChI is InChI=1S/C13H18N2O4S/c16-12-3-1-10(2-4-12)5-7-14-13(17)15-11-6-8-20(18,19)9-11/h1-4,11,16H,5-9H2,(H2,14,15,17). The second-order valence-electron chi connectivity index (χ2n) is 4.92. The van der Waals surface area contributed by atoms with E-state index in [1.807, 2.05) is 0 Å². The van der Waals surface area contributed by atoms with Crippen LogP contribution in [0.3, 0.4) is 0 Å². The van der Waals surface area contributed by atoms with Gasteiger partial charge in [-0.1, -0.05) is 12.1 Å². The van der Waals surface area contributed by atoms with E-state index in [2.05, 4.69) is 10.6 Å². The van der Waals surface area contributed by atoms with Crippen molar-refractivity contribution >= 4 is 15.9 Å². The molecular formula is C13H18N2O4S. The van der Waals surface area contributed by atoms with Crippen molar-refractivity contribution in [3.05, 3.63) is 29.8 Å². The summed E-state index contributed by atoms with van der Waals surface area (Å²) in [4.78, 5) is 11.6. The lowest BCUT2D eigenvalue weighted by Crippen LogP contribution is -2.43. The van der Waals surface area contributed by atoms with Gasteiger partial charge in [0.25, 0.3) is 0 Å². The molecule has 3 N–H and O–H groups in total. The molecule has 1 heterocycles. The number of amides is 2. The number of urea groups is 1. The second-order valence-corrected chi connectivity index (χ2v) is 7.15. The van der Waals surface area contributed by atoms with Crippen molar-refractivity contribution in [1.82, 2.24) is 10.6 Å². The minimum Gasteiger partial charge on any atom is -0.508 e. The number of carbonyl (C=O) groups excluding carboxylic acids is 1. The average molecular weight is 298 g/mol. The fraction of sp³-hybridized carbons (Fsp3) is 0.462. The molecule has 1 fully saturated rings. The van der Waals surface area contributed by atoms with Gasteiger partial charge in [-0.25, -0.2) is 13.2 Å². The van der Waals surface area contributed by atoms with E-state index in [1.54, 1.807) is 24.3 Å². The molecule has 0 spiro atoms. The Bertz CT molecular complexity index is 569. The van der Waals surface area contributed by atoms with Crippen molar-refractivity contribution in [1.29, 1.82) is 0 Å². The van der Waals surface area contributed by atoms with Crippen LogP contribution in [0, 0.1) is 0 Å². The van der Waals surface area contributed by atoms with E-state index in [0.29, 0.717) is 19.4 Å². The summed E-state index contributed by atoms with van der Waals surface area (Å²) in [5, 5.41) is 14.5. The first-order valence-electron chi connectivity index (χ1n) is 6.47. The van der Waals surface area contributed by atoms with Gasteiger partial charge < -0.3 is 15.7 Å². The predicted octanol–water partition coefficient (Wildman–Crippen LogP) is 0.421. The first kappa shape index (κ1) is 14.6. The Kier molecular flexibility index (Phi) is 4.49. The highest BCUT2D eigenvalue weighted by atomic mass is 32.2. The van der Waals surface area contributed by atoms with Crippen molar-refractivity contribution < 1.29 is 18.3 Å². The second kappa shape index (κ2) is 6.13. The minimum absolute atomic E-state index is 0.0262. The predicted molar refractivity (Wildman–Crippen MR) is 75.4 cm³/mol. The molecule has 0 saturated carbocycles. The van der Waals surface area contributed by atoms with Crippen LogP contribution in [-0.2, 0) is 16.3 Å². The molecule has 1 saturated heterocycles. The number of phenolic OH excluding ortho intramolecular Hbond substituents is 1. The minimum atomic E-state index is -2.97. The molecular weight excluding hydrogens is 280 g/mol. The lowest BCUT2D eigenvalue weighted by atomic mass is 10.1. The first-order chi connectivity index (χ1) is 9.44. The molecule has 0 bridgehead atoms. The summed E-state index contributed by atoms with van der Waals surface area (Å²) in [6, 6.07) is 6.15. The summed E-state index contributed by atoms with van der Waals surface area (Å²) < 4.78 is 22.5. The average Bonchev–Trinajstić information content (AvgIpc) is 2.71. The molecule has 1 aromatic rings. The molecule has 1 unspecified atom stereocenters. The Labute approximate surface area is 118 Å². The third kappa shape index (κ3) is 4.41. The number of rotatable bonds is 4. The highest BCUT2D eigenvalue weighted by Gasteiger charge is 2.28. The van der Waals surface area contributed by atoms with Crippen molar-refractivity contribution in [2.75, 3.05) is 18.1 Å². The van der Waals surface area contributed by atoms with Crippen molar-refractivity contribution in [2.24, 2.45) is 0 Å². The number of benzene rings is 1. The zero-order valence-electron chi connectivity index (χ0n) is 11.0. The van der Waals surface area contributed by atoms with E-state index in [1.165, 1.54) is 0 Å². The summed E-state index contributed by atoms with van der Waals surface area (Å²) in [5.74, 6) is 0.381. The highest BCUT2D eigenvalue weighted by Crippen LogP contribution is 2.11. The molecule has 2 amide bonds. The lowest BCUT2D eigenvalue weighted by Gasteiger charge is -2.12. The van der Waals surface area contributed by atoms with Gasteiger partial charge in [-0.2, -0.15) is 0 Å². The molecule has 0 aliphatic carbocycles. The zero-order chi connectivity index (χ0) is 14.6. The quantitative estimate of drug-likeness (QED) is 0.751. The summed E-state index contributed by atoms with van der Waals surface area (Å²) in [6.45, 7) is 0.454. The van der Waals surface area contributed by atoms with E-state index in [9.17, 15) is 13.2 Å². The largest absolute Gasteiger partial charge is 0.508 e. The Hall–Kier alpha value is -1.76. The number of phenols is 1. The summed E-state index contributed by atoms with van der Waals surface area (Å²) >= 11 is 0. The van der Waals surface area contributed by atoms with Crippen LogP contribution in [0.15, 0.2) is 24.3 Å². The van der Waals surface area contributed by atoms with Crippen molar-refractivity contribution in [2.45, 2.75) is 18.9 Å². The van der Waals surface area contributed by atoms with Gasteiger partial charge in [0.2, 0.25) is 0 Å². The van der Waals surface area contributed by atoms with Gasteiger partial charge in [-0.05, 0) is 30.5 Å². The highest BCUT2D eigenvalue weighted by molar-refractivity contribution is 7.91. The molecule has 110 valence electrons.